The number of halogens is 2. The maximum Gasteiger partial charge on any atom is 0.251 e. The van der Waals surface area contributed by atoms with Crippen LogP contribution >= 0.6 is 27.5 Å². The zero-order chi connectivity index (χ0) is 16.1. The Hall–Kier alpha value is -1.85. The van der Waals surface area contributed by atoms with Crippen LogP contribution in [0.3, 0.4) is 0 Å². The van der Waals surface area contributed by atoms with Gasteiger partial charge < -0.3 is 11.1 Å². The van der Waals surface area contributed by atoms with Crippen LogP contribution in [0.4, 0.5) is 0 Å². The fourth-order valence-electron chi connectivity index (χ4n) is 1.97. The summed E-state index contributed by atoms with van der Waals surface area (Å²) in [6.07, 6.45) is 0.259. The number of carbonyl (C=O) groups is 2. The summed E-state index contributed by atoms with van der Waals surface area (Å²) in [6, 6.07) is 13.1. The first kappa shape index (κ1) is 16.5. The van der Waals surface area contributed by atoms with Crippen molar-refractivity contribution >= 4 is 39.3 Å². The second-order valence-corrected chi connectivity index (χ2v) is 6.03. The predicted octanol–water partition coefficient (Wildman–Crippen LogP) is 2.93. The molecule has 0 aliphatic rings. The van der Waals surface area contributed by atoms with Crippen LogP contribution in [0.15, 0.2) is 53.0 Å². The molecule has 2 amide bonds. The zero-order valence-electron chi connectivity index (χ0n) is 11.6. The molecule has 6 heteroatoms. The second kappa shape index (κ2) is 7.42. The standard InChI is InChI=1S/C16H14BrClN2O2/c17-13-7-6-12(18)8-11(13)9-14(15(19)21)20-16(22)10-4-2-1-3-5-10/h1-8,14H,9H2,(H2,19,21)(H,20,22)/t14-/m1/s1. The van der Waals surface area contributed by atoms with Gasteiger partial charge in [-0.05, 0) is 35.9 Å². The molecular weight excluding hydrogens is 368 g/mol. The van der Waals surface area contributed by atoms with Crippen molar-refractivity contribution in [3.63, 3.8) is 0 Å². The molecule has 0 fully saturated rings. The molecule has 3 N–H and O–H groups in total. The highest BCUT2D eigenvalue weighted by atomic mass is 79.9. The first-order valence-corrected chi connectivity index (χ1v) is 7.73. The van der Waals surface area contributed by atoms with Crippen molar-refractivity contribution in [1.82, 2.24) is 5.32 Å². The van der Waals surface area contributed by atoms with Crippen molar-refractivity contribution in [2.24, 2.45) is 5.73 Å². The van der Waals surface area contributed by atoms with Crippen LogP contribution in [-0.4, -0.2) is 17.9 Å². The highest BCUT2D eigenvalue weighted by Crippen LogP contribution is 2.22. The molecule has 0 bridgehead atoms. The largest absolute Gasteiger partial charge is 0.368 e. The van der Waals surface area contributed by atoms with E-state index in [0.29, 0.717) is 10.6 Å². The summed E-state index contributed by atoms with van der Waals surface area (Å²) in [6.45, 7) is 0. The van der Waals surface area contributed by atoms with E-state index in [2.05, 4.69) is 21.2 Å². The van der Waals surface area contributed by atoms with Crippen molar-refractivity contribution in [3.05, 3.63) is 69.2 Å². The molecule has 0 aliphatic heterocycles. The lowest BCUT2D eigenvalue weighted by Crippen LogP contribution is -2.45. The summed E-state index contributed by atoms with van der Waals surface area (Å²) in [5.74, 6) is -0.946. The van der Waals surface area contributed by atoms with Crippen LogP contribution in [0.5, 0.6) is 0 Å². The number of benzene rings is 2. The molecule has 0 aromatic heterocycles. The molecule has 22 heavy (non-hydrogen) atoms. The van der Waals surface area contributed by atoms with Gasteiger partial charge in [0.25, 0.3) is 5.91 Å². The van der Waals surface area contributed by atoms with E-state index in [1.807, 2.05) is 6.07 Å². The Labute approximate surface area is 141 Å². The Bertz CT molecular complexity index is 692. The Morgan fingerprint density at radius 3 is 2.50 bits per heavy atom. The highest BCUT2D eigenvalue weighted by molar-refractivity contribution is 9.10. The fraction of sp³-hybridized carbons (Fsp3) is 0.125. The van der Waals surface area contributed by atoms with Gasteiger partial charge >= 0.3 is 0 Å². The summed E-state index contributed by atoms with van der Waals surface area (Å²) < 4.78 is 0.803. The molecule has 0 unspecified atom stereocenters. The number of carbonyl (C=O) groups excluding carboxylic acids is 2. The van der Waals surface area contributed by atoms with E-state index in [9.17, 15) is 9.59 Å². The summed E-state index contributed by atoms with van der Waals surface area (Å²) >= 11 is 9.35. The number of rotatable bonds is 5. The fourth-order valence-corrected chi connectivity index (χ4v) is 2.58. The van der Waals surface area contributed by atoms with Gasteiger partial charge in [-0.2, -0.15) is 0 Å². The van der Waals surface area contributed by atoms with Gasteiger partial charge in [0.1, 0.15) is 6.04 Å². The normalized spacial score (nSPS) is 11.7. The third kappa shape index (κ3) is 4.32. The summed E-state index contributed by atoms with van der Waals surface area (Å²) in [7, 11) is 0. The minimum absolute atomic E-state index is 0.259. The van der Waals surface area contributed by atoms with Crippen molar-refractivity contribution in [2.75, 3.05) is 0 Å². The van der Waals surface area contributed by atoms with Crippen molar-refractivity contribution in [2.45, 2.75) is 12.5 Å². The van der Waals surface area contributed by atoms with Crippen LogP contribution in [0, 0.1) is 0 Å². The van der Waals surface area contributed by atoms with Crippen molar-refractivity contribution in [3.8, 4) is 0 Å². The lowest BCUT2D eigenvalue weighted by molar-refractivity contribution is -0.119. The molecule has 0 spiro atoms. The maximum absolute atomic E-state index is 12.1. The van der Waals surface area contributed by atoms with Gasteiger partial charge in [-0.1, -0.05) is 45.7 Å². The van der Waals surface area contributed by atoms with E-state index in [0.717, 1.165) is 10.0 Å². The van der Waals surface area contributed by atoms with Crippen LogP contribution in [0.2, 0.25) is 5.02 Å². The zero-order valence-corrected chi connectivity index (χ0v) is 13.9. The first-order chi connectivity index (χ1) is 10.5. The first-order valence-electron chi connectivity index (χ1n) is 6.56. The Morgan fingerprint density at radius 1 is 1.18 bits per heavy atom. The van der Waals surface area contributed by atoms with Gasteiger partial charge in [0, 0.05) is 21.5 Å². The molecule has 114 valence electrons. The molecule has 2 aromatic carbocycles. The van der Waals surface area contributed by atoms with E-state index >= 15 is 0 Å². The smallest absolute Gasteiger partial charge is 0.251 e. The number of hydrogen-bond acceptors (Lipinski definition) is 2. The molecule has 2 rings (SSSR count). The van der Waals surface area contributed by atoms with Crippen LogP contribution in [-0.2, 0) is 11.2 Å². The van der Waals surface area contributed by atoms with Gasteiger partial charge in [-0.25, -0.2) is 0 Å². The lowest BCUT2D eigenvalue weighted by atomic mass is 10.0. The van der Waals surface area contributed by atoms with Crippen molar-refractivity contribution < 1.29 is 9.59 Å². The summed E-state index contributed by atoms with van der Waals surface area (Å²) in [5.41, 5.74) is 6.66. The third-order valence-corrected chi connectivity index (χ3v) is 4.13. The third-order valence-electron chi connectivity index (χ3n) is 3.12. The van der Waals surface area contributed by atoms with Gasteiger partial charge in [-0.15, -0.1) is 0 Å². The maximum atomic E-state index is 12.1. The average Bonchev–Trinajstić information content (AvgIpc) is 2.50. The number of nitrogens with two attached hydrogens (primary N) is 1. The van der Waals surface area contributed by atoms with Crippen LogP contribution in [0.1, 0.15) is 15.9 Å². The van der Waals surface area contributed by atoms with Gasteiger partial charge in [0.2, 0.25) is 5.91 Å². The summed E-state index contributed by atoms with van der Waals surface area (Å²) in [4.78, 5) is 23.8. The molecule has 2 aromatic rings. The molecule has 0 saturated carbocycles. The number of nitrogens with one attached hydrogen (secondary N) is 1. The molecule has 0 saturated heterocycles. The van der Waals surface area contributed by atoms with Crippen molar-refractivity contribution in [1.29, 1.82) is 0 Å². The highest BCUT2D eigenvalue weighted by Gasteiger charge is 2.20. The predicted molar refractivity (Wildman–Crippen MR) is 89.7 cm³/mol. The average molecular weight is 382 g/mol. The van der Waals surface area contributed by atoms with Crippen LogP contribution < -0.4 is 11.1 Å². The van der Waals surface area contributed by atoms with E-state index in [-0.39, 0.29) is 12.3 Å². The molecule has 0 aliphatic carbocycles. The molecule has 1 atom stereocenters. The number of amides is 2. The molecule has 4 nitrogen and oxygen atoms in total. The Kier molecular flexibility index (Phi) is 5.57. The minimum atomic E-state index is -0.817. The lowest BCUT2D eigenvalue weighted by Gasteiger charge is -2.16. The Balaban J connectivity index is 2.15. The summed E-state index contributed by atoms with van der Waals surface area (Å²) in [5, 5.41) is 3.20. The Morgan fingerprint density at radius 2 is 1.86 bits per heavy atom. The second-order valence-electron chi connectivity index (χ2n) is 4.73. The van der Waals surface area contributed by atoms with Crippen LogP contribution in [0.25, 0.3) is 0 Å². The van der Waals surface area contributed by atoms with E-state index in [1.54, 1.807) is 42.5 Å². The minimum Gasteiger partial charge on any atom is -0.368 e. The topological polar surface area (TPSA) is 72.2 Å². The SMILES string of the molecule is NC(=O)[C@@H](Cc1cc(Cl)ccc1Br)NC(=O)c1ccccc1. The monoisotopic (exact) mass is 380 g/mol. The van der Waals surface area contributed by atoms with Gasteiger partial charge in [0.15, 0.2) is 0 Å². The molecule has 0 radical (unpaired) electrons. The quantitative estimate of drug-likeness (QED) is 0.836. The van der Waals surface area contributed by atoms with E-state index < -0.39 is 11.9 Å². The number of primary amides is 1. The van der Waals surface area contributed by atoms with Gasteiger partial charge in [0.05, 0.1) is 0 Å². The molecule has 0 heterocycles. The number of hydrogen-bond donors (Lipinski definition) is 2. The van der Waals surface area contributed by atoms with Gasteiger partial charge in [-0.3, -0.25) is 9.59 Å². The molecular formula is C16H14BrClN2O2. The van der Waals surface area contributed by atoms with E-state index in [1.165, 1.54) is 0 Å². The van der Waals surface area contributed by atoms with E-state index in [4.69, 9.17) is 17.3 Å².